The highest BCUT2D eigenvalue weighted by Crippen LogP contribution is 2.27. The van der Waals surface area contributed by atoms with Crippen LogP contribution in [0.2, 0.25) is 0 Å². The van der Waals surface area contributed by atoms with Crippen molar-refractivity contribution in [3.05, 3.63) is 96.1 Å². The fourth-order valence-corrected chi connectivity index (χ4v) is 2.43. The van der Waals surface area contributed by atoms with Gasteiger partial charge in [-0.25, -0.2) is 0 Å². The van der Waals surface area contributed by atoms with E-state index in [9.17, 15) is 0 Å². The smallest absolute Gasteiger partial charge is 0.127 e. The van der Waals surface area contributed by atoms with E-state index in [-0.39, 0.29) is 0 Å². The van der Waals surface area contributed by atoms with E-state index >= 15 is 0 Å². The van der Waals surface area contributed by atoms with Gasteiger partial charge >= 0.3 is 0 Å². The van der Waals surface area contributed by atoms with Crippen molar-refractivity contribution in [3.63, 3.8) is 0 Å². The summed E-state index contributed by atoms with van der Waals surface area (Å²) in [6.45, 7) is 6.28. The second-order valence-electron chi connectivity index (χ2n) is 5.65. The van der Waals surface area contributed by atoms with Gasteiger partial charge in [-0.1, -0.05) is 48.5 Å². The molecule has 0 heterocycles. The van der Waals surface area contributed by atoms with Gasteiger partial charge in [0.05, 0.1) is 7.11 Å². The number of hydrogen-bond acceptors (Lipinski definition) is 2. The van der Waals surface area contributed by atoms with Gasteiger partial charge < -0.3 is 9.47 Å². The zero-order valence-corrected chi connectivity index (χ0v) is 14.0. The first kappa shape index (κ1) is 15.9. The molecule has 3 aromatic carbocycles. The number of benzene rings is 3. The Morgan fingerprint density at radius 2 is 1.08 bits per heavy atom. The number of hydrogen-bond donors (Lipinski definition) is 0. The minimum atomic E-state index is 0.779. The molecule has 0 aliphatic rings. The molecule has 0 bridgehead atoms. The second kappa shape index (κ2) is 7.05. The van der Waals surface area contributed by atoms with Gasteiger partial charge in [0.1, 0.15) is 17.2 Å². The monoisotopic (exact) mass is 316 g/mol. The SMILES string of the molecule is C=C(c1ccc(C)cc1)c1ccc(Oc2ccc(OC)cc2)cc1. The molecule has 0 aliphatic carbocycles. The topological polar surface area (TPSA) is 18.5 Å². The maximum atomic E-state index is 5.85. The summed E-state index contributed by atoms with van der Waals surface area (Å²) >= 11 is 0. The predicted octanol–water partition coefficient (Wildman–Crippen LogP) is 5.86. The summed E-state index contributed by atoms with van der Waals surface area (Å²) < 4.78 is 11.0. The summed E-state index contributed by atoms with van der Waals surface area (Å²) in [4.78, 5) is 0. The molecule has 2 heteroatoms. The largest absolute Gasteiger partial charge is 0.497 e. The Morgan fingerprint density at radius 1 is 0.667 bits per heavy atom. The van der Waals surface area contributed by atoms with Crippen LogP contribution in [0.25, 0.3) is 5.57 Å². The van der Waals surface area contributed by atoms with Crippen LogP contribution in [0, 0.1) is 6.92 Å². The van der Waals surface area contributed by atoms with Crippen LogP contribution in [0.3, 0.4) is 0 Å². The standard InChI is InChI=1S/C22H20O2/c1-16-4-6-18(7-5-16)17(2)19-8-10-21(11-9-19)24-22-14-12-20(23-3)13-15-22/h4-15H,2H2,1,3H3. The number of rotatable bonds is 5. The van der Waals surface area contributed by atoms with E-state index in [1.54, 1.807) is 7.11 Å². The van der Waals surface area contributed by atoms with Crippen LogP contribution < -0.4 is 9.47 Å². The normalized spacial score (nSPS) is 10.2. The third kappa shape index (κ3) is 3.66. The third-order valence-corrected chi connectivity index (χ3v) is 3.90. The third-order valence-electron chi connectivity index (χ3n) is 3.90. The van der Waals surface area contributed by atoms with Crippen molar-refractivity contribution in [1.82, 2.24) is 0 Å². The van der Waals surface area contributed by atoms with Crippen molar-refractivity contribution in [3.8, 4) is 17.2 Å². The number of aryl methyl sites for hydroxylation is 1. The maximum Gasteiger partial charge on any atom is 0.127 e. The van der Waals surface area contributed by atoms with E-state index < -0.39 is 0 Å². The fraction of sp³-hybridized carbons (Fsp3) is 0.0909. The number of ether oxygens (including phenoxy) is 2. The van der Waals surface area contributed by atoms with E-state index in [2.05, 4.69) is 37.8 Å². The van der Waals surface area contributed by atoms with E-state index in [0.717, 1.165) is 33.9 Å². The lowest BCUT2D eigenvalue weighted by atomic mass is 9.99. The van der Waals surface area contributed by atoms with Crippen LogP contribution in [-0.4, -0.2) is 7.11 Å². The Morgan fingerprint density at radius 3 is 1.58 bits per heavy atom. The Kier molecular flexibility index (Phi) is 4.66. The van der Waals surface area contributed by atoms with E-state index in [4.69, 9.17) is 9.47 Å². The Labute approximate surface area is 143 Å². The molecule has 3 rings (SSSR count). The Bertz CT molecular complexity index is 813. The van der Waals surface area contributed by atoms with Crippen LogP contribution in [-0.2, 0) is 0 Å². The maximum absolute atomic E-state index is 5.85. The van der Waals surface area contributed by atoms with Crippen molar-refractivity contribution in [2.45, 2.75) is 6.92 Å². The van der Waals surface area contributed by atoms with Crippen molar-refractivity contribution in [2.75, 3.05) is 7.11 Å². The lowest BCUT2D eigenvalue weighted by Crippen LogP contribution is -1.88. The molecular weight excluding hydrogens is 296 g/mol. The molecule has 0 radical (unpaired) electrons. The molecule has 2 nitrogen and oxygen atoms in total. The van der Waals surface area contributed by atoms with E-state index in [0.29, 0.717) is 0 Å². The summed E-state index contributed by atoms with van der Waals surface area (Å²) in [7, 11) is 1.65. The van der Waals surface area contributed by atoms with E-state index in [1.165, 1.54) is 5.56 Å². The van der Waals surface area contributed by atoms with Gasteiger partial charge in [-0.3, -0.25) is 0 Å². The minimum absolute atomic E-state index is 0.779. The lowest BCUT2D eigenvalue weighted by molar-refractivity contribution is 0.413. The molecular formula is C22H20O2. The van der Waals surface area contributed by atoms with Gasteiger partial charge in [0.2, 0.25) is 0 Å². The molecule has 3 aromatic rings. The van der Waals surface area contributed by atoms with Crippen molar-refractivity contribution < 1.29 is 9.47 Å². The van der Waals surface area contributed by atoms with Crippen LogP contribution in [0.5, 0.6) is 17.2 Å². The average Bonchev–Trinajstić information content (AvgIpc) is 2.63. The second-order valence-corrected chi connectivity index (χ2v) is 5.65. The van der Waals surface area contributed by atoms with E-state index in [1.807, 2.05) is 48.5 Å². The summed E-state index contributed by atoms with van der Waals surface area (Å²) in [6.07, 6.45) is 0. The lowest BCUT2D eigenvalue weighted by Gasteiger charge is -2.10. The van der Waals surface area contributed by atoms with Gasteiger partial charge in [-0.05, 0) is 60.0 Å². The molecule has 0 spiro atoms. The van der Waals surface area contributed by atoms with Gasteiger partial charge in [-0.15, -0.1) is 0 Å². The quantitative estimate of drug-likeness (QED) is 0.587. The summed E-state index contributed by atoms with van der Waals surface area (Å²) in [5, 5.41) is 0. The highest BCUT2D eigenvalue weighted by atomic mass is 16.5. The molecule has 0 aliphatic heterocycles. The first-order valence-electron chi connectivity index (χ1n) is 7.84. The highest BCUT2D eigenvalue weighted by molar-refractivity contribution is 5.78. The molecule has 0 saturated heterocycles. The van der Waals surface area contributed by atoms with Crippen molar-refractivity contribution in [1.29, 1.82) is 0 Å². The fourth-order valence-electron chi connectivity index (χ4n) is 2.43. The molecule has 0 atom stereocenters. The highest BCUT2D eigenvalue weighted by Gasteiger charge is 2.04. The van der Waals surface area contributed by atoms with Crippen molar-refractivity contribution >= 4 is 5.57 Å². The Hall–Kier alpha value is -3.00. The first-order valence-corrected chi connectivity index (χ1v) is 7.84. The molecule has 0 amide bonds. The summed E-state index contributed by atoms with van der Waals surface area (Å²) in [5.74, 6) is 2.38. The van der Waals surface area contributed by atoms with Gasteiger partial charge in [0, 0.05) is 0 Å². The average molecular weight is 316 g/mol. The zero-order valence-electron chi connectivity index (χ0n) is 14.0. The predicted molar refractivity (Wildman–Crippen MR) is 98.8 cm³/mol. The van der Waals surface area contributed by atoms with Crippen LogP contribution in [0.15, 0.2) is 79.4 Å². The molecule has 120 valence electrons. The summed E-state index contributed by atoms with van der Waals surface area (Å²) in [6, 6.07) is 23.9. The van der Waals surface area contributed by atoms with Gasteiger partial charge in [0.25, 0.3) is 0 Å². The van der Waals surface area contributed by atoms with Crippen LogP contribution in [0.4, 0.5) is 0 Å². The summed E-state index contributed by atoms with van der Waals surface area (Å²) in [5.41, 5.74) is 4.46. The molecule has 0 saturated carbocycles. The molecule has 0 aromatic heterocycles. The minimum Gasteiger partial charge on any atom is -0.497 e. The van der Waals surface area contributed by atoms with Gasteiger partial charge in [-0.2, -0.15) is 0 Å². The van der Waals surface area contributed by atoms with Crippen molar-refractivity contribution in [2.24, 2.45) is 0 Å². The van der Waals surface area contributed by atoms with Crippen LogP contribution in [0.1, 0.15) is 16.7 Å². The Balaban J connectivity index is 1.72. The van der Waals surface area contributed by atoms with Gasteiger partial charge in [0.15, 0.2) is 0 Å². The first-order chi connectivity index (χ1) is 11.7. The molecule has 24 heavy (non-hydrogen) atoms. The molecule has 0 unspecified atom stereocenters. The van der Waals surface area contributed by atoms with Crippen LogP contribution >= 0.6 is 0 Å². The molecule has 0 fully saturated rings. The zero-order chi connectivity index (χ0) is 16.9. The number of methoxy groups -OCH3 is 1. The molecule has 0 N–H and O–H groups in total.